The first-order valence-electron chi connectivity index (χ1n) is 2.11. The molecule has 0 saturated carbocycles. The molecule has 0 aromatic carbocycles. The molecule has 0 fully saturated rings. The molecule has 3 heteroatoms. The van der Waals surface area contributed by atoms with E-state index in [9.17, 15) is 4.39 Å². The zero-order chi connectivity index (χ0) is 6.15. The maximum atomic E-state index is 12.0. The second kappa shape index (κ2) is 1.51. The van der Waals surface area contributed by atoms with Gasteiger partial charge in [-0.15, -0.1) is 0 Å². The molecule has 0 spiro atoms. The van der Waals surface area contributed by atoms with Gasteiger partial charge in [-0.25, -0.2) is 0 Å². The van der Waals surface area contributed by atoms with E-state index in [2.05, 4.69) is 16.1 Å². The van der Waals surface area contributed by atoms with Crippen LogP contribution in [0.4, 0.5) is 4.39 Å². The summed E-state index contributed by atoms with van der Waals surface area (Å²) in [5.41, 5.74) is 0. The van der Waals surface area contributed by atoms with Crippen molar-refractivity contribution in [3.8, 4) is 0 Å². The van der Waals surface area contributed by atoms with Crippen LogP contribution >= 0.6 is 0 Å². The zero-order valence-corrected chi connectivity index (χ0v) is 4.40. The fourth-order valence-corrected chi connectivity index (χ4v) is 0.404. The lowest BCUT2D eigenvalue weighted by Gasteiger charge is -1.89. The Labute approximate surface area is 46.2 Å². The maximum Gasteiger partial charge on any atom is 0.319 e. The summed E-state index contributed by atoms with van der Waals surface area (Å²) in [5, 5.41) is 0. The Morgan fingerprint density at radius 2 is 2.12 bits per heavy atom. The van der Waals surface area contributed by atoms with Crippen molar-refractivity contribution in [1.29, 1.82) is 0 Å². The minimum absolute atomic E-state index is 0.000000000000000222. The number of halogens is 1. The van der Waals surface area contributed by atoms with Crippen molar-refractivity contribution in [2.45, 2.75) is 6.92 Å². The molecule has 0 aromatic heterocycles. The average molecular weight is 116 g/mol. The van der Waals surface area contributed by atoms with Crippen molar-refractivity contribution in [3.63, 3.8) is 0 Å². The molecule has 0 bridgehead atoms. The predicted octanol–water partition coefficient (Wildman–Crippen LogP) is 1.66. The van der Waals surface area contributed by atoms with Crippen LogP contribution in [0.2, 0.25) is 0 Å². The van der Waals surface area contributed by atoms with Gasteiger partial charge in [-0.2, -0.15) is 4.39 Å². The normalized spacial score (nSPS) is 18.5. The van der Waals surface area contributed by atoms with Crippen LogP contribution < -0.4 is 0 Å². The minimum Gasteiger partial charge on any atom is -0.425 e. The summed E-state index contributed by atoms with van der Waals surface area (Å²) in [6.07, 6.45) is 0. The largest absolute Gasteiger partial charge is 0.425 e. The van der Waals surface area contributed by atoms with Gasteiger partial charge in [-0.05, 0) is 6.58 Å². The molecule has 1 aliphatic rings. The van der Waals surface area contributed by atoms with Crippen molar-refractivity contribution in [2.75, 3.05) is 0 Å². The molecule has 44 valence electrons. The highest BCUT2D eigenvalue weighted by Gasteiger charge is 2.16. The average Bonchev–Trinajstić information content (AvgIpc) is 1.85. The van der Waals surface area contributed by atoms with E-state index in [0.29, 0.717) is 0 Å². The maximum absolute atomic E-state index is 12.0. The van der Waals surface area contributed by atoms with E-state index in [4.69, 9.17) is 0 Å². The van der Waals surface area contributed by atoms with Gasteiger partial charge in [0.15, 0.2) is 5.76 Å². The molecular weight excluding hydrogens is 111 g/mol. The summed E-state index contributed by atoms with van der Waals surface area (Å²) in [6.45, 7) is 4.69. The Balaban J connectivity index is 2.73. The van der Waals surface area contributed by atoms with Crippen LogP contribution in [0, 0.1) is 0 Å². The van der Waals surface area contributed by atoms with E-state index in [1.54, 1.807) is 0 Å². The van der Waals surface area contributed by atoms with E-state index >= 15 is 0 Å². The van der Waals surface area contributed by atoms with Gasteiger partial charge in [0.05, 0.1) is 0 Å². The van der Waals surface area contributed by atoms with E-state index in [0.717, 1.165) is 0 Å². The van der Waals surface area contributed by atoms with Crippen LogP contribution in [0.25, 0.3) is 0 Å². The van der Waals surface area contributed by atoms with Gasteiger partial charge in [0.25, 0.3) is 5.95 Å². The summed E-state index contributed by atoms with van der Waals surface area (Å²) in [7, 11) is 0. The SMILES string of the molecule is C=C1OC(C)=C(F)O1. The van der Waals surface area contributed by atoms with Crippen LogP contribution in [0.15, 0.2) is 24.3 Å². The molecule has 0 aromatic rings. The number of hydrogen-bond donors (Lipinski definition) is 0. The standard InChI is InChI=1S/C5H5FO2/c1-3-5(6)8-4(2)7-3/h2H2,1H3. The Kier molecular flexibility index (Phi) is 0.970. The van der Waals surface area contributed by atoms with Crippen molar-refractivity contribution < 1.29 is 13.9 Å². The monoisotopic (exact) mass is 116 g/mol. The molecule has 0 amide bonds. The lowest BCUT2D eigenvalue weighted by molar-refractivity contribution is 0.153. The van der Waals surface area contributed by atoms with Gasteiger partial charge >= 0.3 is 6.01 Å². The Hall–Kier alpha value is -0.990. The van der Waals surface area contributed by atoms with Crippen molar-refractivity contribution in [3.05, 3.63) is 24.3 Å². The molecular formula is C5H5FO2. The van der Waals surface area contributed by atoms with E-state index in [1.165, 1.54) is 6.92 Å². The van der Waals surface area contributed by atoms with Crippen LogP contribution in [0.3, 0.4) is 0 Å². The number of allylic oxidation sites excluding steroid dienone is 1. The quantitative estimate of drug-likeness (QED) is 0.479. The Morgan fingerprint density at radius 1 is 1.50 bits per heavy atom. The van der Waals surface area contributed by atoms with Crippen LogP contribution in [0.1, 0.15) is 6.92 Å². The predicted molar refractivity (Wildman–Crippen MR) is 25.1 cm³/mol. The molecule has 0 N–H and O–H groups in total. The summed E-state index contributed by atoms with van der Waals surface area (Å²) < 4.78 is 20.9. The van der Waals surface area contributed by atoms with E-state index in [1.807, 2.05) is 0 Å². The van der Waals surface area contributed by atoms with Crippen LogP contribution in [-0.4, -0.2) is 0 Å². The highest BCUT2D eigenvalue weighted by molar-refractivity contribution is 5.01. The molecule has 0 radical (unpaired) electrons. The molecule has 1 aliphatic heterocycles. The lowest BCUT2D eigenvalue weighted by Crippen LogP contribution is -1.75. The minimum atomic E-state index is -0.699. The lowest BCUT2D eigenvalue weighted by atomic mass is 10.6. The summed E-state index contributed by atoms with van der Waals surface area (Å²) in [5.74, 6) is 0.134. The number of ether oxygens (including phenoxy) is 2. The smallest absolute Gasteiger partial charge is 0.319 e. The van der Waals surface area contributed by atoms with Gasteiger partial charge in [0.1, 0.15) is 0 Å². The summed E-state index contributed by atoms with van der Waals surface area (Å²) in [6, 6.07) is -0.699. The van der Waals surface area contributed by atoms with E-state index in [-0.39, 0.29) is 11.7 Å². The van der Waals surface area contributed by atoms with Gasteiger partial charge in [0, 0.05) is 6.92 Å². The Bertz CT molecular complexity index is 144. The number of hydrogen-bond acceptors (Lipinski definition) is 2. The highest BCUT2D eigenvalue weighted by Crippen LogP contribution is 2.22. The second-order valence-electron chi connectivity index (χ2n) is 1.41. The van der Waals surface area contributed by atoms with Crippen molar-refractivity contribution >= 4 is 0 Å². The second-order valence-corrected chi connectivity index (χ2v) is 1.41. The molecule has 0 saturated heterocycles. The van der Waals surface area contributed by atoms with Crippen LogP contribution in [0.5, 0.6) is 0 Å². The summed E-state index contributed by atoms with van der Waals surface area (Å²) in [4.78, 5) is 0. The summed E-state index contributed by atoms with van der Waals surface area (Å²) >= 11 is 0. The van der Waals surface area contributed by atoms with Crippen LogP contribution in [-0.2, 0) is 9.47 Å². The molecule has 1 heterocycles. The topological polar surface area (TPSA) is 18.5 Å². The molecule has 2 nitrogen and oxygen atoms in total. The fraction of sp³-hybridized carbons (Fsp3) is 0.200. The molecule has 0 aliphatic carbocycles. The van der Waals surface area contributed by atoms with Gasteiger partial charge < -0.3 is 9.47 Å². The van der Waals surface area contributed by atoms with Gasteiger partial charge in [0.2, 0.25) is 0 Å². The van der Waals surface area contributed by atoms with Gasteiger partial charge in [-0.1, -0.05) is 0 Å². The fourth-order valence-electron chi connectivity index (χ4n) is 0.404. The van der Waals surface area contributed by atoms with Gasteiger partial charge in [-0.3, -0.25) is 0 Å². The number of rotatable bonds is 0. The molecule has 1 rings (SSSR count). The molecule has 0 atom stereocenters. The van der Waals surface area contributed by atoms with Crippen molar-refractivity contribution in [2.24, 2.45) is 0 Å². The first-order valence-corrected chi connectivity index (χ1v) is 2.11. The van der Waals surface area contributed by atoms with E-state index < -0.39 is 6.01 Å². The Morgan fingerprint density at radius 3 is 2.25 bits per heavy atom. The third-order valence-corrected chi connectivity index (χ3v) is 0.747. The molecule has 8 heavy (non-hydrogen) atoms. The third kappa shape index (κ3) is 0.665. The highest BCUT2D eigenvalue weighted by atomic mass is 19.1. The third-order valence-electron chi connectivity index (χ3n) is 0.747. The first kappa shape index (κ1) is 5.15. The zero-order valence-electron chi connectivity index (χ0n) is 4.40. The van der Waals surface area contributed by atoms with Crippen molar-refractivity contribution in [1.82, 2.24) is 0 Å². The molecule has 0 unspecified atom stereocenters. The first-order chi connectivity index (χ1) is 3.70.